The average Bonchev–Trinajstić information content (AvgIpc) is 3.35. The number of pyridine rings is 1. The van der Waals surface area contributed by atoms with E-state index >= 15 is 0 Å². The van der Waals surface area contributed by atoms with Crippen LogP contribution in [0.15, 0.2) is 30.5 Å². The third kappa shape index (κ3) is 4.10. The summed E-state index contributed by atoms with van der Waals surface area (Å²) in [5.74, 6) is 1.32. The van der Waals surface area contributed by atoms with E-state index in [0.717, 1.165) is 51.9 Å². The van der Waals surface area contributed by atoms with Crippen LogP contribution in [0.2, 0.25) is 0 Å². The van der Waals surface area contributed by atoms with Gasteiger partial charge in [-0.3, -0.25) is 5.10 Å². The smallest absolute Gasteiger partial charge is 0.407 e. The van der Waals surface area contributed by atoms with Gasteiger partial charge in [0.05, 0.1) is 16.7 Å². The van der Waals surface area contributed by atoms with E-state index in [-0.39, 0.29) is 0 Å². The lowest BCUT2D eigenvalue weighted by atomic mass is 9.92. The van der Waals surface area contributed by atoms with Gasteiger partial charge in [0, 0.05) is 36.2 Å². The van der Waals surface area contributed by atoms with E-state index < -0.39 is 11.7 Å². The van der Waals surface area contributed by atoms with Crippen LogP contribution in [0.1, 0.15) is 51.9 Å². The molecule has 1 aromatic carbocycles. The van der Waals surface area contributed by atoms with Gasteiger partial charge in [0.1, 0.15) is 16.9 Å². The second-order valence-electron chi connectivity index (χ2n) is 9.56. The number of H-pyrrole nitrogens is 1. The number of anilines is 1. The molecule has 9 nitrogen and oxygen atoms in total. The van der Waals surface area contributed by atoms with Gasteiger partial charge in [-0.15, -0.1) is 0 Å². The summed E-state index contributed by atoms with van der Waals surface area (Å²) >= 11 is 0. The van der Waals surface area contributed by atoms with Crippen LogP contribution in [0.4, 0.5) is 10.6 Å². The van der Waals surface area contributed by atoms with Gasteiger partial charge in [0.25, 0.3) is 0 Å². The van der Waals surface area contributed by atoms with Gasteiger partial charge >= 0.3 is 6.09 Å². The van der Waals surface area contributed by atoms with Crippen molar-refractivity contribution in [1.29, 1.82) is 0 Å². The molecule has 1 aliphatic rings. The molecule has 4 aromatic rings. The number of amides is 1. The van der Waals surface area contributed by atoms with Crippen molar-refractivity contribution in [2.24, 2.45) is 0 Å². The number of carbonyl (C=O) groups excluding carboxylic acids is 1. The summed E-state index contributed by atoms with van der Waals surface area (Å²) in [6.45, 7) is 5.98. The number of aromatic amines is 1. The van der Waals surface area contributed by atoms with Gasteiger partial charge in [0.2, 0.25) is 0 Å². The Kier molecular flexibility index (Phi) is 5.19. The highest BCUT2D eigenvalue weighted by Gasteiger charge is 2.27. The zero-order chi connectivity index (χ0) is 23.2. The third-order valence-electron chi connectivity index (χ3n) is 5.99. The fourth-order valence-corrected chi connectivity index (χ4v) is 4.31. The van der Waals surface area contributed by atoms with E-state index in [4.69, 9.17) is 15.5 Å². The number of hydrogen-bond donors (Lipinski definition) is 3. The highest BCUT2D eigenvalue weighted by atomic mass is 16.6. The highest BCUT2D eigenvalue weighted by molar-refractivity contribution is 6.07. The van der Waals surface area contributed by atoms with Gasteiger partial charge in [-0.25, -0.2) is 14.8 Å². The minimum Gasteiger partial charge on any atom is -0.444 e. The van der Waals surface area contributed by atoms with E-state index in [1.54, 1.807) is 6.20 Å². The maximum Gasteiger partial charge on any atom is 0.407 e. The number of alkyl carbamates (subject to hydrolysis) is 1. The van der Waals surface area contributed by atoms with Crippen LogP contribution >= 0.6 is 0 Å². The third-order valence-corrected chi connectivity index (χ3v) is 5.99. The average molecular weight is 448 g/mol. The van der Waals surface area contributed by atoms with Crippen molar-refractivity contribution in [3.05, 3.63) is 36.3 Å². The minimum absolute atomic E-state index is 0.379. The summed E-state index contributed by atoms with van der Waals surface area (Å²) in [7, 11) is 0. The van der Waals surface area contributed by atoms with Crippen molar-refractivity contribution in [3.63, 3.8) is 0 Å². The van der Waals surface area contributed by atoms with Crippen LogP contribution in [0.3, 0.4) is 0 Å². The van der Waals surface area contributed by atoms with Gasteiger partial charge < -0.3 is 20.4 Å². The number of rotatable bonds is 5. The van der Waals surface area contributed by atoms with Crippen LogP contribution in [0, 0.1) is 0 Å². The largest absolute Gasteiger partial charge is 0.444 e. The first-order valence-corrected chi connectivity index (χ1v) is 11.4. The summed E-state index contributed by atoms with van der Waals surface area (Å²) in [6.07, 6.45) is 5.29. The lowest BCUT2D eigenvalue weighted by Gasteiger charge is -2.29. The Morgan fingerprint density at radius 1 is 1.27 bits per heavy atom. The van der Waals surface area contributed by atoms with Crippen molar-refractivity contribution in [1.82, 2.24) is 30.0 Å². The molecule has 0 saturated heterocycles. The number of ether oxygens (including phenoxy) is 1. The number of benzene rings is 1. The van der Waals surface area contributed by atoms with E-state index in [0.29, 0.717) is 24.8 Å². The summed E-state index contributed by atoms with van der Waals surface area (Å²) in [6, 6.07) is 8.48. The van der Waals surface area contributed by atoms with Crippen LogP contribution in [-0.2, 0) is 11.2 Å². The predicted octanol–water partition coefficient (Wildman–Crippen LogP) is 4.35. The van der Waals surface area contributed by atoms with Gasteiger partial charge in [-0.05, 0) is 58.2 Å². The van der Waals surface area contributed by atoms with E-state index in [9.17, 15) is 4.79 Å². The molecule has 4 N–H and O–H groups in total. The lowest BCUT2D eigenvalue weighted by Crippen LogP contribution is -2.34. The molecule has 3 aromatic heterocycles. The van der Waals surface area contributed by atoms with Crippen LogP contribution < -0.4 is 11.1 Å². The van der Waals surface area contributed by atoms with Crippen molar-refractivity contribution < 1.29 is 9.53 Å². The molecular formula is C24H29N7O2. The summed E-state index contributed by atoms with van der Waals surface area (Å²) in [5.41, 5.74) is 10.3. The molecule has 172 valence electrons. The molecule has 1 saturated carbocycles. The Balaban J connectivity index is 1.52. The molecule has 33 heavy (non-hydrogen) atoms. The minimum atomic E-state index is -0.531. The van der Waals surface area contributed by atoms with Crippen LogP contribution in [0.5, 0.6) is 0 Å². The molecule has 0 atom stereocenters. The first-order chi connectivity index (χ1) is 15.8. The summed E-state index contributed by atoms with van der Waals surface area (Å²) in [5, 5.41) is 10.9. The number of nitrogens with one attached hydrogen (secondary N) is 2. The van der Waals surface area contributed by atoms with Crippen molar-refractivity contribution in [2.45, 2.75) is 58.1 Å². The predicted molar refractivity (Wildman–Crippen MR) is 128 cm³/mol. The number of fused-ring (bicyclic) bond motifs is 3. The topological polar surface area (TPSA) is 124 Å². The quantitative estimate of drug-likeness (QED) is 0.418. The lowest BCUT2D eigenvalue weighted by molar-refractivity contribution is 0.0528. The zero-order valence-corrected chi connectivity index (χ0v) is 19.2. The molecular weight excluding hydrogens is 418 g/mol. The molecule has 3 heterocycles. The standard InChI is InChI=1S/C24H29N7O2/c1-24(2,3)33-23(32)26-11-10-19-29-20-21(31(19)15-5-4-6-15)16-8-7-14(17-9-12-27-30-17)13-18(16)28-22(20)25/h7-9,12-13,15H,4-6,10-11H2,1-3H3,(H2,25,28)(H,26,32)(H,27,30). The summed E-state index contributed by atoms with van der Waals surface area (Å²) < 4.78 is 7.66. The SMILES string of the molecule is CC(C)(C)OC(=O)NCCc1nc2c(N)nc3cc(-c4ccn[nH]4)ccc3c2n1C1CCC1. The Labute approximate surface area is 191 Å². The Morgan fingerprint density at radius 3 is 2.76 bits per heavy atom. The molecule has 1 aliphatic carbocycles. The number of aromatic nitrogens is 5. The van der Waals surface area contributed by atoms with Crippen LogP contribution in [-0.4, -0.2) is 43.0 Å². The van der Waals surface area contributed by atoms with Gasteiger partial charge in [-0.2, -0.15) is 5.10 Å². The Hall–Kier alpha value is -3.62. The molecule has 0 spiro atoms. The maximum absolute atomic E-state index is 12.1. The van der Waals surface area contributed by atoms with E-state index in [2.05, 4.69) is 37.2 Å². The molecule has 0 bridgehead atoms. The van der Waals surface area contributed by atoms with Gasteiger partial charge in [-0.1, -0.05) is 6.07 Å². The fourth-order valence-electron chi connectivity index (χ4n) is 4.31. The number of imidazole rings is 1. The van der Waals surface area contributed by atoms with E-state index in [1.165, 1.54) is 6.42 Å². The second kappa shape index (κ2) is 8.06. The number of nitrogens with two attached hydrogens (primary N) is 1. The molecule has 0 radical (unpaired) electrons. The van der Waals surface area contributed by atoms with E-state index in [1.807, 2.05) is 32.9 Å². The molecule has 0 unspecified atom stereocenters. The van der Waals surface area contributed by atoms with Gasteiger partial charge in [0.15, 0.2) is 5.82 Å². The monoisotopic (exact) mass is 447 g/mol. The normalized spacial score (nSPS) is 14.5. The fraction of sp³-hybridized carbons (Fsp3) is 0.417. The first-order valence-electron chi connectivity index (χ1n) is 11.4. The molecule has 1 fully saturated rings. The maximum atomic E-state index is 12.1. The Morgan fingerprint density at radius 2 is 2.09 bits per heavy atom. The van der Waals surface area contributed by atoms with Crippen molar-refractivity contribution in [3.8, 4) is 11.3 Å². The second-order valence-corrected chi connectivity index (χ2v) is 9.56. The highest BCUT2D eigenvalue weighted by Crippen LogP contribution is 2.39. The molecule has 1 amide bonds. The number of nitrogens with zero attached hydrogens (tertiary/aromatic N) is 4. The molecule has 5 rings (SSSR count). The van der Waals surface area contributed by atoms with Crippen molar-refractivity contribution >= 4 is 33.8 Å². The summed E-state index contributed by atoms with van der Waals surface area (Å²) in [4.78, 5) is 21.6. The van der Waals surface area contributed by atoms with Crippen molar-refractivity contribution in [2.75, 3.05) is 12.3 Å². The van der Waals surface area contributed by atoms with Crippen LogP contribution in [0.25, 0.3) is 33.2 Å². The zero-order valence-electron chi connectivity index (χ0n) is 19.2. The number of nitrogen functional groups attached to an aromatic ring is 1. The molecule has 9 heteroatoms. The first kappa shape index (κ1) is 21.2. The number of hydrogen-bond acceptors (Lipinski definition) is 6. The number of carbonyl (C=O) groups is 1. The Bertz CT molecular complexity index is 1310. The molecule has 0 aliphatic heterocycles.